The SMILES string of the molecule is COc1ccc2c(CC(=O)NC(C)CCCC(C)C)coc2c1. The van der Waals surface area contributed by atoms with E-state index in [-0.39, 0.29) is 11.9 Å². The van der Waals surface area contributed by atoms with Gasteiger partial charge in [0.25, 0.3) is 0 Å². The first-order valence-corrected chi connectivity index (χ1v) is 8.33. The van der Waals surface area contributed by atoms with Gasteiger partial charge in [0.1, 0.15) is 11.3 Å². The van der Waals surface area contributed by atoms with Gasteiger partial charge in [-0.1, -0.05) is 26.7 Å². The predicted molar refractivity (Wildman–Crippen MR) is 92.8 cm³/mol. The van der Waals surface area contributed by atoms with E-state index in [1.807, 2.05) is 18.2 Å². The number of amides is 1. The van der Waals surface area contributed by atoms with Gasteiger partial charge in [0.05, 0.1) is 19.8 Å². The van der Waals surface area contributed by atoms with Crippen molar-refractivity contribution in [2.24, 2.45) is 5.92 Å². The maximum Gasteiger partial charge on any atom is 0.224 e. The van der Waals surface area contributed by atoms with Crippen LogP contribution in [0.3, 0.4) is 0 Å². The van der Waals surface area contributed by atoms with E-state index in [0.29, 0.717) is 12.3 Å². The molecule has 4 heteroatoms. The standard InChI is InChI=1S/C19H27NO3/c1-13(2)6-5-7-14(3)20-19(21)10-15-12-23-18-11-16(22-4)8-9-17(15)18/h8-9,11-14H,5-7,10H2,1-4H3,(H,20,21). The lowest BCUT2D eigenvalue weighted by molar-refractivity contribution is -0.121. The van der Waals surface area contributed by atoms with Gasteiger partial charge in [-0.2, -0.15) is 0 Å². The highest BCUT2D eigenvalue weighted by Crippen LogP contribution is 2.25. The number of ether oxygens (including phenoxy) is 1. The normalized spacial score (nSPS) is 12.6. The fourth-order valence-corrected chi connectivity index (χ4v) is 2.73. The highest BCUT2D eigenvalue weighted by Gasteiger charge is 2.13. The molecule has 1 atom stereocenters. The molecule has 0 aliphatic rings. The Morgan fingerprint density at radius 2 is 2.04 bits per heavy atom. The van der Waals surface area contributed by atoms with Crippen LogP contribution in [0.15, 0.2) is 28.9 Å². The van der Waals surface area contributed by atoms with Crippen LogP contribution in [0.2, 0.25) is 0 Å². The van der Waals surface area contributed by atoms with Crippen molar-refractivity contribution >= 4 is 16.9 Å². The predicted octanol–water partition coefficient (Wildman–Crippen LogP) is 4.31. The second kappa shape index (κ2) is 8.04. The third kappa shape index (κ3) is 5.02. The quantitative estimate of drug-likeness (QED) is 0.789. The highest BCUT2D eigenvalue weighted by atomic mass is 16.5. The summed E-state index contributed by atoms with van der Waals surface area (Å²) in [6.07, 6.45) is 5.37. The van der Waals surface area contributed by atoms with Crippen LogP contribution in [0, 0.1) is 5.92 Å². The van der Waals surface area contributed by atoms with Crippen molar-refractivity contribution in [3.05, 3.63) is 30.0 Å². The van der Waals surface area contributed by atoms with Gasteiger partial charge in [-0.05, 0) is 31.4 Å². The number of hydrogen-bond donors (Lipinski definition) is 1. The van der Waals surface area contributed by atoms with E-state index < -0.39 is 0 Å². The van der Waals surface area contributed by atoms with Gasteiger partial charge in [0, 0.05) is 23.1 Å². The molecular formula is C19H27NO3. The molecule has 1 heterocycles. The topological polar surface area (TPSA) is 51.5 Å². The lowest BCUT2D eigenvalue weighted by Gasteiger charge is -2.14. The van der Waals surface area contributed by atoms with Gasteiger partial charge in [-0.25, -0.2) is 0 Å². The van der Waals surface area contributed by atoms with E-state index in [0.717, 1.165) is 35.1 Å². The average Bonchev–Trinajstić information content (AvgIpc) is 2.88. The molecule has 2 aromatic rings. The number of hydrogen-bond acceptors (Lipinski definition) is 3. The van der Waals surface area contributed by atoms with Crippen molar-refractivity contribution in [1.29, 1.82) is 0 Å². The van der Waals surface area contributed by atoms with E-state index in [2.05, 4.69) is 26.1 Å². The van der Waals surface area contributed by atoms with Gasteiger partial charge in [0.2, 0.25) is 5.91 Å². The fourth-order valence-electron chi connectivity index (χ4n) is 2.73. The van der Waals surface area contributed by atoms with E-state index >= 15 is 0 Å². The van der Waals surface area contributed by atoms with E-state index in [4.69, 9.17) is 9.15 Å². The van der Waals surface area contributed by atoms with Crippen LogP contribution in [0.25, 0.3) is 11.0 Å². The van der Waals surface area contributed by atoms with Gasteiger partial charge < -0.3 is 14.5 Å². The number of carbonyl (C=O) groups excluding carboxylic acids is 1. The number of nitrogens with one attached hydrogen (secondary N) is 1. The Hall–Kier alpha value is -1.97. The van der Waals surface area contributed by atoms with E-state index in [1.165, 1.54) is 6.42 Å². The molecule has 0 bridgehead atoms. The van der Waals surface area contributed by atoms with Crippen LogP contribution >= 0.6 is 0 Å². The summed E-state index contributed by atoms with van der Waals surface area (Å²) in [5.41, 5.74) is 1.66. The Morgan fingerprint density at radius 1 is 1.26 bits per heavy atom. The Kier molecular flexibility index (Phi) is 6.08. The molecule has 0 saturated heterocycles. The molecule has 0 aliphatic heterocycles. The van der Waals surface area contributed by atoms with Crippen LogP contribution in [-0.4, -0.2) is 19.1 Å². The minimum absolute atomic E-state index is 0.0422. The van der Waals surface area contributed by atoms with Crippen LogP contribution < -0.4 is 10.1 Å². The molecule has 1 aromatic heterocycles. The zero-order valence-corrected chi connectivity index (χ0v) is 14.5. The number of furan rings is 1. The molecule has 1 N–H and O–H groups in total. The molecule has 126 valence electrons. The summed E-state index contributed by atoms with van der Waals surface area (Å²) in [5, 5.41) is 4.04. The van der Waals surface area contributed by atoms with Crippen molar-refractivity contribution < 1.29 is 13.9 Å². The molecule has 2 rings (SSSR count). The molecule has 0 saturated carbocycles. The van der Waals surface area contributed by atoms with Crippen LogP contribution in [0.4, 0.5) is 0 Å². The molecule has 0 spiro atoms. The summed E-state index contributed by atoms with van der Waals surface area (Å²) in [6, 6.07) is 5.87. The van der Waals surface area contributed by atoms with Crippen LogP contribution in [-0.2, 0) is 11.2 Å². The van der Waals surface area contributed by atoms with Crippen LogP contribution in [0.1, 0.15) is 45.6 Å². The summed E-state index contributed by atoms with van der Waals surface area (Å²) in [4.78, 5) is 12.2. The number of methoxy groups -OCH3 is 1. The number of fused-ring (bicyclic) bond motifs is 1. The number of benzene rings is 1. The lowest BCUT2D eigenvalue weighted by Crippen LogP contribution is -2.33. The minimum atomic E-state index is 0.0422. The van der Waals surface area contributed by atoms with Crippen molar-refractivity contribution in [2.75, 3.05) is 7.11 Å². The van der Waals surface area contributed by atoms with E-state index in [9.17, 15) is 4.79 Å². The molecule has 0 fully saturated rings. The first kappa shape index (κ1) is 17.4. The fraction of sp³-hybridized carbons (Fsp3) is 0.526. The van der Waals surface area contributed by atoms with Gasteiger partial charge in [-0.15, -0.1) is 0 Å². The maximum absolute atomic E-state index is 12.2. The van der Waals surface area contributed by atoms with Crippen molar-refractivity contribution in [2.45, 2.75) is 52.5 Å². The molecule has 1 unspecified atom stereocenters. The summed E-state index contributed by atoms with van der Waals surface area (Å²) in [6.45, 7) is 6.51. The Labute approximate surface area is 138 Å². The third-order valence-corrected chi connectivity index (χ3v) is 4.04. The summed E-state index contributed by atoms with van der Waals surface area (Å²) >= 11 is 0. The summed E-state index contributed by atoms with van der Waals surface area (Å²) < 4.78 is 10.7. The van der Waals surface area contributed by atoms with Gasteiger partial charge in [-0.3, -0.25) is 4.79 Å². The molecule has 1 amide bonds. The largest absolute Gasteiger partial charge is 0.497 e. The molecule has 0 aliphatic carbocycles. The van der Waals surface area contributed by atoms with E-state index in [1.54, 1.807) is 13.4 Å². The molecular weight excluding hydrogens is 290 g/mol. The zero-order valence-electron chi connectivity index (χ0n) is 14.5. The second-order valence-corrected chi connectivity index (χ2v) is 6.59. The third-order valence-electron chi connectivity index (χ3n) is 4.04. The Balaban J connectivity index is 1.90. The highest BCUT2D eigenvalue weighted by molar-refractivity contribution is 5.88. The molecule has 1 aromatic carbocycles. The Bertz CT molecular complexity index is 645. The monoisotopic (exact) mass is 317 g/mol. The van der Waals surface area contributed by atoms with Crippen molar-refractivity contribution in [1.82, 2.24) is 5.32 Å². The Morgan fingerprint density at radius 3 is 2.74 bits per heavy atom. The molecule has 4 nitrogen and oxygen atoms in total. The smallest absolute Gasteiger partial charge is 0.224 e. The summed E-state index contributed by atoms with van der Waals surface area (Å²) in [7, 11) is 1.62. The molecule has 0 radical (unpaired) electrons. The average molecular weight is 317 g/mol. The zero-order chi connectivity index (χ0) is 16.8. The van der Waals surface area contributed by atoms with Gasteiger partial charge in [0.15, 0.2) is 0 Å². The second-order valence-electron chi connectivity index (χ2n) is 6.59. The summed E-state index contributed by atoms with van der Waals surface area (Å²) in [5.74, 6) is 1.51. The van der Waals surface area contributed by atoms with Crippen molar-refractivity contribution in [3.8, 4) is 5.75 Å². The first-order chi connectivity index (χ1) is 11.0. The minimum Gasteiger partial charge on any atom is -0.497 e. The maximum atomic E-state index is 12.2. The number of carbonyl (C=O) groups is 1. The van der Waals surface area contributed by atoms with Gasteiger partial charge >= 0.3 is 0 Å². The first-order valence-electron chi connectivity index (χ1n) is 8.33. The van der Waals surface area contributed by atoms with Crippen LogP contribution in [0.5, 0.6) is 5.75 Å². The van der Waals surface area contributed by atoms with Crippen molar-refractivity contribution in [3.63, 3.8) is 0 Å². The molecule has 23 heavy (non-hydrogen) atoms. The number of rotatable bonds is 8. The lowest BCUT2D eigenvalue weighted by atomic mass is 10.0.